The number of nitrogen functional groups attached to an aromatic ring is 1. The summed E-state index contributed by atoms with van der Waals surface area (Å²) in [6, 6.07) is 1.83. The standard InChI is InChI=1S/C9H10N4OS/c1-2-6-5(3-4-14-6)7-11-8(10)13-9(15)12-7/h3-4H,2H2,1H3,(H3,10,11,12,13,15). The van der Waals surface area contributed by atoms with Crippen LogP contribution in [0.15, 0.2) is 16.7 Å². The molecule has 3 N–H and O–H groups in total. The molecular formula is C9H10N4OS. The molecule has 0 spiro atoms. The number of rotatable bonds is 2. The molecule has 0 aliphatic carbocycles. The highest BCUT2D eigenvalue weighted by molar-refractivity contribution is 7.71. The van der Waals surface area contributed by atoms with Crippen LogP contribution in [0.4, 0.5) is 5.95 Å². The molecule has 0 aliphatic rings. The van der Waals surface area contributed by atoms with Crippen LogP contribution in [-0.4, -0.2) is 15.0 Å². The van der Waals surface area contributed by atoms with Crippen molar-refractivity contribution in [2.24, 2.45) is 0 Å². The first-order valence-corrected chi connectivity index (χ1v) is 4.92. The Labute approximate surface area is 91.4 Å². The number of aromatic amines is 1. The van der Waals surface area contributed by atoms with Crippen molar-refractivity contribution >= 4 is 18.2 Å². The van der Waals surface area contributed by atoms with Gasteiger partial charge in [-0.05, 0) is 18.3 Å². The minimum absolute atomic E-state index is 0.226. The van der Waals surface area contributed by atoms with Crippen LogP contribution in [0.2, 0.25) is 0 Å². The van der Waals surface area contributed by atoms with Crippen LogP contribution in [0.25, 0.3) is 11.4 Å². The van der Waals surface area contributed by atoms with Crippen molar-refractivity contribution in [1.82, 2.24) is 15.0 Å². The molecule has 5 nitrogen and oxygen atoms in total. The number of aryl methyl sites for hydroxylation is 1. The van der Waals surface area contributed by atoms with Gasteiger partial charge in [-0.2, -0.15) is 4.98 Å². The van der Waals surface area contributed by atoms with Gasteiger partial charge in [0.05, 0.1) is 11.8 Å². The summed E-state index contributed by atoms with van der Waals surface area (Å²) >= 11 is 4.89. The molecule has 0 aliphatic heterocycles. The average molecular weight is 222 g/mol. The van der Waals surface area contributed by atoms with Crippen LogP contribution in [0, 0.1) is 4.77 Å². The van der Waals surface area contributed by atoms with E-state index in [2.05, 4.69) is 15.0 Å². The molecule has 0 bridgehead atoms. The molecule has 0 radical (unpaired) electrons. The molecule has 6 heteroatoms. The number of hydrogen-bond acceptors (Lipinski definition) is 5. The summed E-state index contributed by atoms with van der Waals surface area (Å²) in [5.41, 5.74) is 6.43. The third-order valence-electron chi connectivity index (χ3n) is 1.99. The third kappa shape index (κ3) is 1.89. The molecule has 2 rings (SSSR count). The van der Waals surface area contributed by atoms with Crippen molar-refractivity contribution in [3.8, 4) is 11.4 Å². The van der Waals surface area contributed by atoms with Gasteiger partial charge in [0, 0.05) is 6.42 Å². The van der Waals surface area contributed by atoms with Gasteiger partial charge in [0.25, 0.3) is 0 Å². The van der Waals surface area contributed by atoms with E-state index < -0.39 is 0 Å². The Hall–Kier alpha value is -1.69. The molecule has 2 aromatic heterocycles. The number of nitrogens with two attached hydrogens (primary N) is 1. The fourth-order valence-corrected chi connectivity index (χ4v) is 1.54. The summed E-state index contributed by atoms with van der Waals surface area (Å²) in [6.07, 6.45) is 2.40. The fourth-order valence-electron chi connectivity index (χ4n) is 1.35. The highest BCUT2D eigenvalue weighted by Crippen LogP contribution is 2.21. The Bertz CT molecular complexity index is 531. The smallest absolute Gasteiger partial charge is 0.224 e. The molecule has 0 unspecified atom stereocenters. The van der Waals surface area contributed by atoms with Crippen molar-refractivity contribution in [1.29, 1.82) is 0 Å². The van der Waals surface area contributed by atoms with Crippen LogP contribution >= 0.6 is 12.2 Å². The fraction of sp³-hybridized carbons (Fsp3) is 0.222. The first kappa shape index (κ1) is 9.85. The second-order valence-corrected chi connectivity index (χ2v) is 3.34. The predicted octanol–water partition coefficient (Wildman–Crippen LogP) is 1.94. The lowest BCUT2D eigenvalue weighted by molar-refractivity contribution is 0.517. The molecular weight excluding hydrogens is 212 g/mol. The molecule has 0 fully saturated rings. The van der Waals surface area contributed by atoms with Crippen molar-refractivity contribution in [2.75, 3.05) is 5.73 Å². The van der Waals surface area contributed by atoms with E-state index in [1.54, 1.807) is 6.26 Å². The largest absolute Gasteiger partial charge is 0.469 e. The Balaban J connectivity index is 2.58. The first-order valence-electron chi connectivity index (χ1n) is 4.51. The number of nitrogens with one attached hydrogen (secondary N) is 1. The molecule has 0 atom stereocenters. The van der Waals surface area contributed by atoms with Gasteiger partial charge in [0.2, 0.25) is 10.7 Å². The second kappa shape index (κ2) is 3.82. The quantitative estimate of drug-likeness (QED) is 0.759. The predicted molar refractivity (Wildman–Crippen MR) is 58.7 cm³/mol. The number of furan rings is 1. The zero-order valence-electron chi connectivity index (χ0n) is 8.15. The van der Waals surface area contributed by atoms with Gasteiger partial charge in [-0.1, -0.05) is 6.92 Å². The van der Waals surface area contributed by atoms with Gasteiger partial charge in [-0.25, -0.2) is 4.98 Å². The van der Waals surface area contributed by atoms with Gasteiger partial charge in [-0.15, -0.1) is 0 Å². The Kier molecular flexibility index (Phi) is 2.51. The molecule has 0 saturated heterocycles. The minimum atomic E-state index is 0.226. The van der Waals surface area contributed by atoms with Crippen molar-refractivity contribution < 1.29 is 4.42 Å². The number of anilines is 1. The summed E-state index contributed by atoms with van der Waals surface area (Å²) in [4.78, 5) is 10.7. The summed E-state index contributed by atoms with van der Waals surface area (Å²) in [5.74, 6) is 1.70. The van der Waals surface area contributed by atoms with Crippen LogP contribution in [0.3, 0.4) is 0 Å². The summed E-state index contributed by atoms with van der Waals surface area (Å²) in [7, 11) is 0. The number of H-pyrrole nitrogens is 1. The maximum Gasteiger partial charge on any atom is 0.224 e. The van der Waals surface area contributed by atoms with Crippen LogP contribution in [0.5, 0.6) is 0 Å². The Morgan fingerprint density at radius 1 is 1.53 bits per heavy atom. The van der Waals surface area contributed by atoms with E-state index in [1.807, 2.05) is 13.0 Å². The van der Waals surface area contributed by atoms with E-state index in [0.29, 0.717) is 5.82 Å². The van der Waals surface area contributed by atoms with Gasteiger partial charge in [0.15, 0.2) is 0 Å². The normalized spacial score (nSPS) is 10.5. The number of hydrogen-bond donors (Lipinski definition) is 2. The van der Waals surface area contributed by atoms with Gasteiger partial charge in [-0.3, -0.25) is 0 Å². The topological polar surface area (TPSA) is 80.7 Å². The maximum atomic E-state index is 5.55. The average Bonchev–Trinajstić information content (AvgIpc) is 2.63. The van der Waals surface area contributed by atoms with Crippen molar-refractivity contribution in [3.63, 3.8) is 0 Å². The molecule has 0 amide bonds. The molecule has 78 valence electrons. The van der Waals surface area contributed by atoms with E-state index >= 15 is 0 Å². The summed E-state index contributed by atoms with van der Waals surface area (Å²) in [5, 5.41) is 0. The van der Waals surface area contributed by atoms with Crippen molar-refractivity contribution in [2.45, 2.75) is 13.3 Å². The summed E-state index contributed by atoms with van der Waals surface area (Å²) in [6.45, 7) is 2.00. The Morgan fingerprint density at radius 3 is 3.00 bits per heavy atom. The summed E-state index contributed by atoms with van der Waals surface area (Å²) < 4.78 is 5.52. The van der Waals surface area contributed by atoms with E-state index in [9.17, 15) is 0 Å². The molecule has 0 saturated carbocycles. The van der Waals surface area contributed by atoms with E-state index in [4.69, 9.17) is 22.4 Å². The highest BCUT2D eigenvalue weighted by Gasteiger charge is 2.09. The first-order chi connectivity index (χ1) is 7.20. The van der Waals surface area contributed by atoms with E-state index in [1.165, 1.54) is 0 Å². The van der Waals surface area contributed by atoms with Gasteiger partial charge < -0.3 is 15.1 Å². The molecule has 0 aromatic carbocycles. The third-order valence-corrected chi connectivity index (χ3v) is 2.17. The van der Waals surface area contributed by atoms with E-state index in [-0.39, 0.29) is 10.7 Å². The van der Waals surface area contributed by atoms with Crippen LogP contribution in [0.1, 0.15) is 12.7 Å². The lowest BCUT2D eigenvalue weighted by Gasteiger charge is -2.00. The highest BCUT2D eigenvalue weighted by atomic mass is 32.1. The molecule has 15 heavy (non-hydrogen) atoms. The maximum absolute atomic E-state index is 5.55. The van der Waals surface area contributed by atoms with Crippen LogP contribution in [-0.2, 0) is 6.42 Å². The van der Waals surface area contributed by atoms with E-state index in [0.717, 1.165) is 17.7 Å². The second-order valence-electron chi connectivity index (χ2n) is 2.98. The number of aromatic nitrogens is 3. The van der Waals surface area contributed by atoms with Crippen molar-refractivity contribution in [3.05, 3.63) is 22.9 Å². The molecule has 2 heterocycles. The monoisotopic (exact) mass is 222 g/mol. The zero-order chi connectivity index (χ0) is 10.8. The molecule has 2 aromatic rings. The minimum Gasteiger partial charge on any atom is -0.469 e. The zero-order valence-corrected chi connectivity index (χ0v) is 8.97. The van der Waals surface area contributed by atoms with Crippen LogP contribution < -0.4 is 5.73 Å². The SMILES string of the molecule is CCc1occc1-c1nc(=S)nc(N)[nH]1. The number of nitrogens with zero attached hydrogens (tertiary/aromatic N) is 2. The lowest BCUT2D eigenvalue weighted by Crippen LogP contribution is -2.00. The lowest BCUT2D eigenvalue weighted by atomic mass is 10.2. The Morgan fingerprint density at radius 2 is 2.33 bits per heavy atom. The van der Waals surface area contributed by atoms with Gasteiger partial charge >= 0.3 is 0 Å². The van der Waals surface area contributed by atoms with Gasteiger partial charge in [0.1, 0.15) is 11.6 Å².